The number of allylic oxidation sites excluding steroid dienone is 2. The van der Waals surface area contributed by atoms with Crippen molar-refractivity contribution < 1.29 is 8.42 Å². The summed E-state index contributed by atoms with van der Waals surface area (Å²) in [7, 11) is -3.71. The first kappa shape index (κ1) is 12.0. The van der Waals surface area contributed by atoms with Crippen molar-refractivity contribution in [2.24, 2.45) is 0 Å². The van der Waals surface area contributed by atoms with Gasteiger partial charge in [-0.15, -0.1) is 0 Å². The fraction of sp³-hybridized carbons (Fsp3) is 0.0909. The van der Waals surface area contributed by atoms with E-state index in [-0.39, 0.29) is 5.75 Å². The van der Waals surface area contributed by atoms with E-state index in [4.69, 9.17) is 10.5 Å². The van der Waals surface area contributed by atoms with Crippen LogP contribution in [0.3, 0.4) is 0 Å². The van der Waals surface area contributed by atoms with Crippen molar-refractivity contribution in [3.63, 3.8) is 0 Å². The first-order valence-electron chi connectivity index (χ1n) is 4.36. The van der Waals surface area contributed by atoms with Gasteiger partial charge in [0.05, 0.1) is 11.8 Å². The van der Waals surface area contributed by atoms with Crippen molar-refractivity contribution >= 4 is 9.84 Å². The summed E-state index contributed by atoms with van der Waals surface area (Å²) in [6.07, 6.45) is 0.748. The molecule has 1 aromatic rings. The summed E-state index contributed by atoms with van der Waals surface area (Å²) in [5.74, 6) is -0.269. The van der Waals surface area contributed by atoms with E-state index in [0.29, 0.717) is 5.56 Å². The molecule has 4 nitrogen and oxygen atoms in total. The molecule has 0 atom stereocenters. The molecule has 0 aromatic heterocycles. The molecule has 0 N–H and O–H groups in total. The maximum absolute atomic E-state index is 11.7. The molecule has 0 spiro atoms. The third-order valence-corrected chi connectivity index (χ3v) is 3.43. The normalized spacial score (nSPS) is 11.5. The topological polar surface area (TPSA) is 81.7 Å². The number of hydrogen-bond acceptors (Lipinski definition) is 4. The largest absolute Gasteiger partial charge is 0.223 e. The van der Waals surface area contributed by atoms with Crippen molar-refractivity contribution in [1.29, 1.82) is 10.5 Å². The number of rotatable bonds is 3. The van der Waals surface area contributed by atoms with Gasteiger partial charge in [-0.05, 0) is 5.56 Å². The average Bonchev–Trinajstić information content (AvgIpc) is 2.26. The third kappa shape index (κ3) is 2.94. The zero-order valence-corrected chi connectivity index (χ0v) is 9.11. The standard InChI is InChI=1S/C11H8N2O2S/c12-7-6-11(8-13)16(14,15)9-10-4-2-1-3-5-10/h1-6H,9H2/b11-6-. The lowest BCUT2D eigenvalue weighted by Gasteiger charge is -2.01. The van der Waals surface area contributed by atoms with Crippen LogP contribution in [-0.4, -0.2) is 8.42 Å². The lowest BCUT2D eigenvalue weighted by molar-refractivity contribution is 0.602. The fourth-order valence-corrected chi connectivity index (χ4v) is 2.28. The molecule has 1 rings (SSSR count). The van der Waals surface area contributed by atoms with Crippen molar-refractivity contribution in [2.45, 2.75) is 5.75 Å². The minimum atomic E-state index is -3.71. The quantitative estimate of drug-likeness (QED) is 0.740. The summed E-state index contributed by atoms with van der Waals surface area (Å²) in [4.78, 5) is -0.501. The Morgan fingerprint density at radius 2 is 1.88 bits per heavy atom. The van der Waals surface area contributed by atoms with Gasteiger partial charge in [-0.1, -0.05) is 30.3 Å². The highest BCUT2D eigenvalue weighted by molar-refractivity contribution is 7.94. The molecule has 0 saturated carbocycles. The van der Waals surface area contributed by atoms with Gasteiger partial charge in [0.1, 0.15) is 6.07 Å². The van der Waals surface area contributed by atoms with Crippen LogP contribution in [0, 0.1) is 22.7 Å². The van der Waals surface area contributed by atoms with Crippen molar-refractivity contribution in [2.75, 3.05) is 0 Å². The Hall–Kier alpha value is -2.11. The summed E-state index contributed by atoms with van der Waals surface area (Å²) in [5.41, 5.74) is 0.585. The van der Waals surface area contributed by atoms with Gasteiger partial charge >= 0.3 is 0 Å². The molecule has 1 aromatic carbocycles. The van der Waals surface area contributed by atoms with E-state index in [0.717, 1.165) is 6.08 Å². The molecule has 0 aliphatic carbocycles. The molecule has 0 amide bonds. The average molecular weight is 232 g/mol. The van der Waals surface area contributed by atoms with E-state index < -0.39 is 14.7 Å². The van der Waals surface area contributed by atoms with Gasteiger partial charge in [0.15, 0.2) is 14.7 Å². The molecular weight excluding hydrogens is 224 g/mol. The second kappa shape index (κ2) is 5.11. The van der Waals surface area contributed by atoms with Gasteiger partial charge in [-0.25, -0.2) is 8.42 Å². The van der Waals surface area contributed by atoms with Gasteiger partial charge in [-0.2, -0.15) is 10.5 Å². The zero-order chi connectivity index (χ0) is 12.0. The second-order valence-corrected chi connectivity index (χ2v) is 4.95. The monoisotopic (exact) mass is 232 g/mol. The molecule has 0 aliphatic heterocycles. The molecule has 5 heteroatoms. The van der Waals surface area contributed by atoms with Crippen LogP contribution in [0.5, 0.6) is 0 Å². The van der Waals surface area contributed by atoms with Crippen LogP contribution >= 0.6 is 0 Å². The summed E-state index contributed by atoms with van der Waals surface area (Å²) in [5, 5.41) is 17.0. The highest BCUT2D eigenvalue weighted by Gasteiger charge is 2.18. The third-order valence-electron chi connectivity index (χ3n) is 1.84. The lowest BCUT2D eigenvalue weighted by atomic mass is 10.2. The number of nitriles is 2. The summed E-state index contributed by atoms with van der Waals surface area (Å²) in [6.45, 7) is 0. The first-order chi connectivity index (χ1) is 7.60. The van der Waals surface area contributed by atoms with Crippen LogP contribution < -0.4 is 0 Å². The van der Waals surface area contributed by atoms with E-state index in [1.807, 2.05) is 0 Å². The zero-order valence-electron chi connectivity index (χ0n) is 8.29. The molecule has 16 heavy (non-hydrogen) atoms. The van der Waals surface area contributed by atoms with Crippen LogP contribution in [0.1, 0.15) is 5.56 Å². The maximum Gasteiger partial charge on any atom is 0.193 e. The van der Waals surface area contributed by atoms with E-state index in [1.54, 1.807) is 36.4 Å². The van der Waals surface area contributed by atoms with E-state index in [9.17, 15) is 8.42 Å². The predicted octanol–water partition coefficient (Wildman–Crippen LogP) is 1.53. The van der Waals surface area contributed by atoms with Crippen LogP contribution in [0.2, 0.25) is 0 Å². The number of sulfone groups is 1. The van der Waals surface area contributed by atoms with Crippen LogP contribution in [0.4, 0.5) is 0 Å². The molecule has 0 saturated heterocycles. The van der Waals surface area contributed by atoms with Crippen molar-refractivity contribution in [3.05, 3.63) is 46.9 Å². The highest BCUT2D eigenvalue weighted by Crippen LogP contribution is 2.13. The number of nitrogens with zero attached hydrogens (tertiary/aromatic N) is 2. The molecule has 0 bridgehead atoms. The summed E-state index contributed by atoms with van der Waals surface area (Å²) < 4.78 is 23.4. The van der Waals surface area contributed by atoms with Crippen LogP contribution in [0.15, 0.2) is 41.3 Å². The Labute approximate surface area is 94.0 Å². The number of hydrogen-bond donors (Lipinski definition) is 0. The molecule has 0 heterocycles. The first-order valence-corrected chi connectivity index (χ1v) is 6.02. The van der Waals surface area contributed by atoms with Gasteiger partial charge in [0.2, 0.25) is 0 Å². The van der Waals surface area contributed by atoms with Gasteiger partial charge < -0.3 is 0 Å². The molecule has 80 valence electrons. The SMILES string of the molecule is N#C/C=C(/C#N)S(=O)(=O)Cc1ccccc1. The minimum Gasteiger partial charge on any atom is -0.223 e. The van der Waals surface area contributed by atoms with Crippen molar-refractivity contribution in [1.82, 2.24) is 0 Å². The van der Waals surface area contributed by atoms with Gasteiger partial charge in [0, 0.05) is 6.08 Å². The molecular formula is C11H8N2O2S. The Balaban J connectivity index is 3.03. The number of benzene rings is 1. The van der Waals surface area contributed by atoms with Crippen LogP contribution in [-0.2, 0) is 15.6 Å². The molecule has 0 fully saturated rings. The fourth-order valence-electron chi connectivity index (χ4n) is 1.12. The van der Waals surface area contributed by atoms with Gasteiger partial charge in [-0.3, -0.25) is 0 Å². The van der Waals surface area contributed by atoms with Crippen molar-refractivity contribution in [3.8, 4) is 12.1 Å². The lowest BCUT2D eigenvalue weighted by Crippen LogP contribution is -2.06. The Morgan fingerprint density at radius 3 is 2.38 bits per heavy atom. The summed E-state index contributed by atoms with van der Waals surface area (Å²) in [6, 6.07) is 11.6. The highest BCUT2D eigenvalue weighted by atomic mass is 32.2. The summed E-state index contributed by atoms with van der Waals surface area (Å²) >= 11 is 0. The second-order valence-electron chi connectivity index (χ2n) is 2.99. The Morgan fingerprint density at radius 1 is 1.25 bits per heavy atom. The van der Waals surface area contributed by atoms with E-state index in [2.05, 4.69) is 0 Å². The Bertz CT molecular complexity index is 575. The molecule has 0 aliphatic rings. The minimum absolute atomic E-state index is 0.269. The van der Waals surface area contributed by atoms with E-state index in [1.165, 1.54) is 6.07 Å². The van der Waals surface area contributed by atoms with Gasteiger partial charge in [0.25, 0.3) is 0 Å². The van der Waals surface area contributed by atoms with E-state index >= 15 is 0 Å². The van der Waals surface area contributed by atoms with Crippen LogP contribution in [0.25, 0.3) is 0 Å². The smallest absolute Gasteiger partial charge is 0.193 e. The molecule has 0 unspecified atom stereocenters. The molecule has 0 radical (unpaired) electrons. The Kier molecular flexibility index (Phi) is 3.82. The predicted molar refractivity (Wildman–Crippen MR) is 58.4 cm³/mol. The maximum atomic E-state index is 11.7.